The number of ether oxygens (including phenoxy) is 1. The van der Waals surface area contributed by atoms with E-state index in [4.69, 9.17) is 4.74 Å². The molecule has 2 nitrogen and oxygen atoms in total. The molecule has 0 radical (unpaired) electrons. The molecule has 0 bridgehead atoms. The highest BCUT2D eigenvalue weighted by molar-refractivity contribution is 4.81. The molecule has 0 saturated carbocycles. The second-order valence-corrected chi connectivity index (χ2v) is 11.2. The summed E-state index contributed by atoms with van der Waals surface area (Å²) in [6, 6.07) is 0. The highest BCUT2D eigenvalue weighted by Crippen LogP contribution is 2.12. The Labute approximate surface area is 229 Å². The molecule has 0 aromatic rings. The van der Waals surface area contributed by atoms with Crippen molar-refractivity contribution >= 4 is 0 Å². The molecular formula is C34H69NO. The topological polar surface area (TPSA) is 21.3 Å². The second-order valence-electron chi connectivity index (χ2n) is 11.2. The molecule has 0 aromatic carbocycles. The van der Waals surface area contributed by atoms with Gasteiger partial charge in [-0.25, -0.2) is 0 Å². The highest BCUT2D eigenvalue weighted by atomic mass is 16.5. The van der Waals surface area contributed by atoms with Gasteiger partial charge < -0.3 is 10.1 Å². The van der Waals surface area contributed by atoms with Crippen LogP contribution in [0.1, 0.15) is 181 Å². The molecule has 0 aliphatic rings. The average molecular weight is 508 g/mol. The van der Waals surface area contributed by atoms with E-state index < -0.39 is 0 Å². The van der Waals surface area contributed by atoms with Crippen LogP contribution in [-0.4, -0.2) is 26.3 Å². The lowest BCUT2D eigenvalue weighted by molar-refractivity contribution is 0.131. The van der Waals surface area contributed by atoms with Gasteiger partial charge in [-0.3, -0.25) is 0 Å². The van der Waals surface area contributed by atoms with E-state index in [1.165, 1.54) is 167 Å². The van der Waals surface area contributed by atoms with Crippen LogP contribution in [0, 0.1) is 0 Å². The van der Waals surface area contributed by atoms with Gasteiger partial charge in [-0.15, -0.1) is 0 Å². The van der Waals surface area contributed by atoms with Crippen LogP contribution in [0.2, 0.25) is 0 Å². The summed E-state index contributed by atoms with van der Waals surface area (Å²) in [6.45, 7) is 8.59. The highest BCUT2D eigenvalue weighted by Gasteiger charge is 1.95. The molecule has 0 aromatic heterocycles. The van der Waals surface area contributed by atoms with Crippen LogP contribution in [0.4, 0.5) is 0 Å². The summed E-state index contributed by atoms with van der Waals surface area (Å²) in [5, 5.41) is 3.55. The van der Waals surface area contributed by atoms with Gasteiger partial charge in [0, 0.05) is 13.2 Å². The van der Waals surface area contributed by atoms with Gasteiger partial charge in [0.2, 0.25) is 0 Å². The Balaban J connectivity index is 3.05. The van der Waals surface area contributed by atoms with Gasteiger partial charge in [0.15, 0.2) is 0 Å². The quantitative estimate of drug-likeness (QED) is 0.0722. The molecular weight excluding hydrogens is 438 g/mol. The number of unbranched alkanes of at least 4 members (excludes halogenated alkanes) is 23. The Hall–Kier alpha value is -0.340. The lowest BCUT2D eigenvalue weighted by Crippen LogP contribution is -2.21. The van der Waals surface area contributed by atoms with E-state index in [0.717, 1.165) is 26.3 Å². The molecule has 0 amide bonds. The monoisotopic (exact) mass is 508 g/mol. The summed E-state index contributed by atoms with van der Waals surface area (Å²) < 4.78 is 5.79. The molecule has 0 spiro atoms. The van der Waals surface area contributed by atoms with E-state index in [9.17, 15) is 0 Å². The van der Waals surface area contributed by atoms with E-state index >= 15 is 0 Å². The van der Waals surface area contributed by atoms with Gasteiger partial charge in [0.1, 0.15) is 0 Å². The molecule has 0 saturated heterocycles. The molecule has 1 N–H and O–H groups in total. The zero-order chi connectivity index (χ0) is 26.0. The minimum absolute atomic E-state index is 0.878. The lowest BCUT2D eigenvalue weighted by Gasteiger charge is -2.07. The molecule has 0 rings (SSSR count). The van der Waals surface area contributed by atoms with Gasteiger partial charge in [-0.2, -0.15) is 0 Å². The first-order valence-electron chi connectivity index (χ1n) is 16.8. The van der Waals surface area contributed by atoms with Crippen LogP contribution in [-0.2, 0) is 4.74 Å². The molecule has 0 unspecified atom stereocenters. The van der Waals surface area contributed by atoms with E-state index in [2.05, 4.69) is 31.3 Å². The summed E-state index contributed by atoms with van der Waals surface area (Å²) in [5.41, 5.74) is 0. The number of allylic oxidation sites excluding steroid dienone is 2. The molecule has 0 fully saturated rings. The minimum atomic E-state index is 0.878. The third kappa shape index (κ3) is 33.7. The molecule has 2 heteroatoms. The smallest absolute Gasteiger partial charge is 0.0590 e. The minimum Gasteiger partial charge on any atom is -0.380 e. The zero-order valence-electron chi connectivity index (χ0n) is 25.3. The van der Waals surface area contributed by atoms with Crippen LogP contribution in [0.15, 0.2) is 12.2 Å². The molecule has 216 valence electrons. The maximum absolute atomic E-state index is 5.79. The zero-order valence-corrected chi connectivity index (χ0v) is 25.3. The largest absolute Gasteiger partial charge is 0.380 e. The van der Waals surface area contributed by atoms with Crippen molar-refractivity contribution in [1.82, 2.24) is 5.32 Å². The lowest BCUT2D eigenvalue weighted by atomic mass is 10.1. The summed E-state index contributed by atoms with van der Waals surface area (Å²) >= 11 is 0. The van der Waals surface area contributed by atoms with E-state index in [0.29, 0.717) is 0 Å². The van der Waals surface area contributed by atoms with Gasteiger partial charge in [0.25, 0.3) is 0 Å². The van der Waals surface area contributed by atoms with E-state index in [1.54, 1.807) is 0 Å². The molecule has 0 aliphatic carbocycles. The van der Waals surface area contributed by atoms with Gasteiger partial charge in [-0.1, -0.05) is 154 Å². The van der Waals surface area contributed by atoms with Crippen LogP contribution in [0.3, 0.4) is 0 Å². The van der Waals surface area contributed by atoms with Crippen molar-refractivity contribution in [2.75, 3.05) is 26.3 Å². The van der Waals surface area contributed by atoms with E-state index in [-0.39, 0.29) is 0 Å². The van der Waals surface area contributed by atoms with Crippen molar-refractivity contribution in [3.05, 3.63) is 12.2 Å². The van der Waals surface area contributed by atoms with Crippen LogP contribution >= 0.6 is 0 Å². The number of nitrogens with one attached hydrogen (secondary N) is 1. The summed E-state index contributed by atoms with van der Waals surface area (Å²) in [5.74, 6) is 0. The van der Waals surface area contributed by atoms with Gasteiger partial charge in [-0.05, 0) is 45.1 Å². The van der Waals surface area contributed by atoms with Gasteiger partial charge in [0.05, 0.1) is 6.61 Å². The van der Waals surface area contributed by atoms with Crippen LogP contribution in [0.5, 0.6) is 0 Å². The first kappa shape index (κ1) is 35.7. The fourth-order valence-corrected chi connectivity index (χ4v) is 4.91. The molecule has 0 heterocycles. The predicted octanol–water partition coefficient (Wildman–Crippen LogP) is 11.3. The predicted molar refractivity (Wildman–Crippen MR) is 164 cm³/mol. The summed E-state index contributed by atoms with van der Waals surface area (Å²) in [6.07, 6.45) is 41.1. The van der Waals surface area contributed by atoms with Crippen molar-refractivity contribution in [3.63, 3.8) is 0 Å². The fourth-order valence-electron chi connectivity index (χ4n) is 4.91. The van der Waals surface area contributed by atoms with Crippen molar-refractivity contribution in [3.8, 4) is 0 Å². The number of hydrogen-bond acceptors (Lipinski definition) is 2. The Morgan fingerprint density at radius 1 is 0.389 bits per heavy atom. The van der Waals surface area contributed by atoms with Gasteiger partial charge >= 0.3 is 0 Å². The number of rotatable bonds is 32. The molecule has 36 heavy (non-hydrogen) atoms. The maximum Gasteiger partial charge on any atom is 0.0590 e. The summed E-state index contributed by atoms with van der Waals surface area (Å²) in [7, 11) is 0. The van der Waals surface area contributed by atoms with Crippen molar-refractivity contribution < 1.29 is 4.74 Å². The van der Waals surface area contributed by atoms with Crippen LogP contribution < -0.4 is 5.32 Å². The second kappa shape index (κ2) is 34.7. The fraction of sp³-hybridized carbons (Fsp3) is 0.941. The third-order valence-electron chi connectivity index (χ3n) is 7.43. The Bertz CT molecular complexity index is 395. The summed E-state index contributed by atoms with van der Waals surface area (Å²) in [4.78, 5) is 0. The first-order valence-corrected chi connectivity index (χ1v) is 16.8. The van der Waals surface area contributed by atoms with Crippen molar-refractivity contribution in [2.45, 2.75) is 181 Å². The van der Waals surface area contributed by atoms with Crippen LogP contribution in [0.25, 0.3) is 0 Å². The first-order chi connectivity index (χ1) is 17.9. The standard InChI is InChI=1S/C34H69NO/c1-3-5-7-9-11-13-15-17-18-19-20-22-24-26-28-30-33-36-34-32-35-31-29-27-25-23-21-16-14-12-10-8-6-4-2/h17-18,35H,3-16,19-34H2,1-2H3/b18-17-. The van der Waals surface area contributed by atoms with Crippen molar-refractivity contribution in [1.29, 1.82) is 0 Å². The molecule has 0 aliphatic heterocycles. The Morgan fingerprint density at radius 2 is 0.778 bits per heavy atom. The third-order valence-corrected chi connectivity index (χ3v) is 7.43. The average Bonchev–Trinajstić information content (AvgIpc) is 2.89. The maximum atomic E-state index is 5.79. The number of hydrogen-bond donors (Lipinski definition) is 1. The molecule has 0 atom stereocenters. The van der Waals surface area contributed by atoms with E-state index in [1.807, 2.05) is 0 Å². The normalized spacial score (nSPS) is 11.7. The Kier molecular flexibility index (Phi) is 34.3. The van der Waals surface area contributed by atoms with Crippen molar-refractivity contribution in [2.24, 2.45) is 0 Å². The Morgan fingerprint density at radius 3 is 1.25 bits per heavy atom. The SMILES string of the molecule is CCCCCCCC/C=C\CCCCCCCCOCCNCCCCCCCCCCCCCC.